The summed E-state index contributed by atoms with van der Waals surface area (Å²) in [7, 11) is 0. The van der Waals surface area contributed by atoms with Crippen LogP contribution in [0.15, 0.2) is 47.1 Å². The van der Waals surface area contributed by atoms with Crippen LogP contribution in [0.3, 0.4) is 0 Å². The molecule has 2 aromatic rings. The molecule has 0 bridgehead atoms. The third-order valence-corrected chi connectivity index (χ3v) is 5.63. The van der Waals surface area contributed by atoms with E-state index in [2.05, 4.69) is 25.8 Å². The Morgan fingerprint density at radius 2 is 1.93 bits per heavy atom. The van der Waals surface area contributed by atoms with Gasteiger partial charge in [0.25, 0.3) is 5.91 Å². The summed E-state index contributed by atoms with van der Waals surface area (Å²) in [5.74, 6) is 1.79. The second-order valence-electron chi connectivity index (χ2n) is 7.08. The van der Waals surface area contributed by atoms with Crippen LogP contribution >= 0.6 is 15.9 Å². The molecule has 148 valence electrons. The fourth-order valence-electron chi connectivity index (χ4n) is 3.53. The van der Waals surface area contributed by atoms with Crippen LogP contribution in [0, 0.1) is 0 Å². The van der Waals surface area contributed by atoms with Gasteiger partial charge in [0.05, 0.1) is 6.10 Å². The number of ether oxygens (including phenoxy) is 2. The third-order valence-electron chi connectivity index (χ3n) is 5.16. The maximum Gasteiger partial charge on any atom is 0.253 e. The number of benzene rings is 1. The van der Waals surface area contributed by atoms with Gasteiger partial charge in [-0.2, -0.15) is 0 Å². The average Bonchev–Trinajstić information content (AvgIpc) is 3.27. The first-order valence-corrected chi connectivity index (χ1v) is 10.5. The predicted molar refractivity (Wildman–Crippen MR) is 111 cm³/mol. The van der Waals surface area contributed by atoms with E-state index in [1.54, 1.807) is 6.20 Å². The van der Waals surface area contributed by atoms with Crippen molar-refractivity contribution in [1.29, 1.82) is 0 Å². The molecule has 0 radical (unpaired) electrons. The van der Waals surface area contributed by atoms with Gasteiger partial charge in [-0.1, -0.05) is 0 Å². The van der Waals surface area contributed by atoms with Gasteiger partial charge in [0.15, 0.2) is 0 Å². The van der Waals surface area contributed by atoms with Crippen LogP contribution < -0.4 is 9.64 Å². The van der Waals surface area contributed by atoms with Gasteiger partial charge in [0.1, 0.15) is 18.2 Å². The summed E-state index contributed by atoms with van der Waals surface area (Å²) in [4.78, 5) is 21.3. The smallest absolute Gasteiger partial charge is 0.253 e. The fraction of sp³-hybridized carbons (Fsp3) is 0.429. The molecule has 6 nitrogen and oxygen atoms in total. The molecule has 0 aliphatic carbocycles. The van der Waals surface area contributed by atoms with Gasteiger partial charge < -0.3 is 19.3 Å². The van der Waals surface area contributed by atoms with Gasteiger partial charge in [-0.05, 0) is 65.2 Å². The van der Waals surface area contributed by atoms with Crippen molar-refractivity contribution >= 4 is 27.7 Å². The number of aromatic nitrogens is 1. The first-order valence-electron chi connectivity index (χ1n) is 9.69. The Kier molecular flexibility index (Phi) is 6.12. The predicted octanol–water partition coefficient (Wildman–Crippen LogP) is 3.36. The second-order valence-corrected chi connectivity index (χ2v) is 8.00. The maximum absolute atomic E-state index is 12.8. The lowest BCUT2D eigenvalue weighted by Gasteiger charge is -2.35. The highest BCUT2D eigenvalue weighted by molar-refractivity contribution is 9.10. The largest absolute Gasteiger partial charge is 0.491 e. The van der Waals surface area contributed by atoms with Crippen molar-refractivity contribution in [1.82, 2.24) is 9.88 Å². The van der Waals surface area contributed by atoms with E-state index >= 15 is 0 Å². The van der Waals surface area contributed by atoms with Crippen LogP contribution in [0.4, 0.5) is 5.82 Å². The number of pyridine rings is 1. The van der Waals surface area contributed by atoms with Crippen LogP contribution in [0.25, 0.3) is 0 Å². The van der Waals surface area contributed by atoms with Gasteiger partial charge in [-0.25, -0.2) is 4.98 Å². The molecule has 1 aromatic heterocycles. The van der Waals surface area contributed by atoms with Gasteiger partial charge >= 0.3 is 0 Å². The van der Waals surface area contributed by atoms with E-state index in [4.69, 9.17) is 9.47 Å². The summed E-state index contributed by atoms with van der Waals surface area (Å²) in [6.45, 7) is 4.33. The van der Waals surface area contributed by atoms with Gasteiger partial charge in [-0.15, -0.1) is 0 Å². The maximum atomic E-state index is 12.8. The normalized spacial score (nSPS) is 19.7. The van der Waals surface area contributed by atoms with Crippen LogP contribution in [0.2, 0.25) is 0 Å². The molecule has 1 aromatic carbocycles. The Balaban J connectivity index is 1.29. The molecule has 2 fully saturated rings. The number of carbonyl (C=O) groups is 1. The first-order chi connectivity index (χ1) is 13.7. The number of anilines is 1. The minimum atomic E-state index is 0.0640. The standard InChI is InChI=1S/C21H24BrN3O3/c22-17-5-8-20(23-14-17)24-9-11-25(12-10-24)21(26)16-3-6-18(7-4-16)28-15-19-2-1-13-27-19/h3-8,14,19H,1-2,9-13,15H2. The third kappa shape index (κ3) is 4.64. The van der Waals surface area contributed by atoms with E-state index in [0.29, 0.717) is 25.3 Å². The van der Waals surface area contributed by atoms with Crippen molar-refractivity contribution in [3.63, 3.8) is 0 Å². The molecule has 2 aliphatic heterocycles. The summed E-state index contributed by atoms with van der Waals surface area (Å²) >= 11 is 3.41. The molecule has 0 N–H and O–H groups in total. The highest BCUT2D eigenvalue weighted by atomic mass is 79.9. The zero-order chi connectivity index (χ0) is 19.3. The molecule has 28 heavy (non-hydrogen) atoms. The van der Waals surface area contributed by atoms with E-state index < -0.39 is 0 Å². The highest BCUT2D eigenvalue weighted by Crippen LogP contribution is 2.20. The van der Waals surface area contributed by atoms with Crippen LogP contribution in [-0.2, 0) is 4.74 Å². The number of amides is 1. The molecule has 3 heterocycles. The Morgan fingerprint density at radius 1 is 1.14 bits per heavy atom. The van der Waals surface area contributed by atoms with Crippen LogP contribution in [-0.4, -0.2) is 61.3 Å². The SMILES string of the molecule is O=C(c1ccc(OCC2CCCO2)cc1)N1CCN(c2ccc(Br)cn2)CC1. The summed E-state index contributed by atoms with van der Waals surface area (Å²) in [6.07, 6.45) is 4.15. The topological polar surface area (TPSA) is 54.9 Å². The molecule has 1 amide bonds. The number of carbonyl (C=O) groups excluding carboxylic acids is 1. The van der Waals surface area contributed by atoms with Crippen molar-refractivity contribution in [3.8, 4) is 5.75 Å². The van der Waals surface area contributed by atoms with Crippen LogP contribution in [0.5, 0.6) is 5.75 Å². The van der Waals surface area contributed by atoms with E-state index in [-0.39, 0.29) is 12.0 Å². The zero-order valence-corrected chi connectivity index (χ0v) is 17.3. The minimum absolute atomic E-state index is 0.0640. The van der Waals surface area contributed by atoms with Crippen molar-refractivity contribution < 1.29 is 14.3 Å². The summed E-state index contributed by atoms with van der Waals surface area (Å²) in [5, 5.41) is 0. The lowest BCUT2D eigenvalue weighted by molar-refractivity contribution is 0.0678. The first kappa shape index (κ1) is 19.2. The molecule has 0 spiro atoms. The van der Waals surface area contributed by atoms with E-state index in [0.717, 1.165) is 48.6 Å². The molecule has 4 rings (SSSR count). The van der Waals surface area contributed by atoms with E-state index in [1.165, 1.54) is 0 Å². The molecule has 7 heteroatoms. The van der Waals surface area contributed by atoms with Crippen LogP contribution in [0.1, 0.15) is 23.2 Å². The number of nitrogens with zero attached hydrogens (tertiary/aromatic N) is 3. The van der Waals surface area contributed by atoms with Crippen molar-refractivity contribution in [2.24, 2.45) is 0 Å². The van der Waals surface area contributed by atoms with Gasteiger partial charge in [0.2, 0.25) is 0 Å². The zero-order valence-electron chi connectivity index (χ0n) is 15.7. The monoisotopic (exact) mass is 445 g/mol. The Morgan fingerprint density at radius 3 is 2.57 bits per heavy atom. The number of rotatable bonds is 5. The average molecular weight is 446 g/mol. The molecular formula is C21H24BrN3O3. The van der Waals surface area contributed by atoms with Crippen molar-refractivity contribution in [3.05, 3.63) is 52.6 Å². The fourth-order valence-corrected chi connectivity index (χ4v) is 3.77. The second kappa shape index (κ2) is 8.92. The van der Waals surface area contributed by atoms with E-state index in [9.17, 15) is 4.79 Å². The molecule has 2 aliphatic rings. The number of hydrogen-bond donors (Lipinski definition) is 0. The number of hydrogen-bond acceptors (Lipinski definition) is 5. The Labute approximate surface area is 173 Å². The molecular weight excluding hydrogens is 422 g/mol. The quantitative estimate of drug-likeness (QED) is 0.705. The lowest BCUT2D eigenvalue weighted by Crippen LogP contribution is -2.49. The number of halogens is 1. The van der Waals surface area contributed by atoms with Crippen molar-refractivity contribution in [2.45, 2.75) is 18.9 Å². The van der Waals surface area contributed by atoms with Gasteiger partial charge in [-0.3, -0.25) is 4.79 Å². The Hall–Kier alpha value is -2.12. The molecule has 0 saturated carbocycles. The Bertz CT molecular complexity index is 784. The van der Waals surface area contributed by atoms with E-state index in [1.807, 2.05) is 41.3 Å². The highest BCUT2D eigenvalue weighted by Gasteiger charge is 2.23. The minimum Gasteiger partial charge on any atom is -0.491 e. The van der Waals surface area contributed by atoms with Crippen molar-refractivity contribution in [2.75, 3.05) is 44.3 Å². The summed E-state index contributed by atoms with van der Waals surface area (Å²) in [5.41, 5.74) is 0.694. The summed E-state index contributed by atoms with van der Waals surface area (Å²) in [6, 6.07) is 11.4. The number of piperazine rings is 1. The molecule has 1 atom stereocenters. The molecule has 1 unspecified atom stereocenters. The van der Waals surface area contributed by atoms with Gasteiger partial charge in [0, 0.05) is 49.0 Å². The molecule has 2 saturated heterocycles. The lowest BCUT2D eigenvalue weighted by atomic mass is 10.1. The summed E-state index contributed by atoms with van der Waals surface area (Å²) < 4.78 is 12.3.